The molecule has 0 saturated heterocycles. The van der Waals surface area contributed by atoms with E-state index in [4.69, 9.17) is 0 Å². The lowest BCUT2D eigenvalue weighted by molar-refractivity contribution is -0.593. The van der Waals surface area contributed by atoms with Gasteiger partial charge in [-0.25, -0.2) is 0 Å². The molecule has 0 rings (SSSR count). The van der Waals surface area contributed by atoms with Gasteiger partial charge in [0.15, 0.2) is 0 Å². The van der Waals surface area contributed by atoms with E-state index in [1.165, 1.54) is 0 Å². The summed E-state index contributed by atoms with van der Waals surface area (Å²) >= 11 is 0. The molecule has 52 heavy (non-hydrogen) atoms. The molecule has 0 unspecified atom stereocenters. The highest BCUT2D eigenvalue weighted by atomic mass is 19.4. The number of hydrogen-bond acceptors (Lipinski definition) is 2. The molecule has 0 aromatic carbocycles. The molecular weight excluding hydrogens is 870 g/mol. The largest absolute Gasteiger partial charge is 0.460 e. The van der Waals surface area contributed by atoms with Crippen LogP contribution in [0.2, 0.25) is 0 Å². The van der Waals surface area contributed by atoms with Crippen molar-refractivity contribution in [1.29, 1.82) is 0 Å². The minimum atomic E-state index is -9.56. The highest BCUT2D eigenvalue weighted by Crippen LogP contribution is 2.66. The molecule has 0 N–H and O–H groups in total. The summed E-state index contributed by atoms with van der Waals surface area (Å²) in [5.41, 5.74) is 0. The van der Waals surface area contributed by atoms with Crippen molar-refractivity contribution in [2.45, 2.75) is 95.6 Å². The molecule has 0 aliphatic heterocycles. The second-order valence-electron chi connectivity index (χ2n) is 9.09. The van der Waals surface area contributed by atoms with Gasteiger partial charge < -0.3 is 0 Å². The van der Waals surface area contributed by atoms with Gasteiger partial charge in [0, 0.05) is 0 Å². The van der Waals surface area contributed by atoms with Gasteiger partial charge in [-0.1, -0.05) is 0 Å². The first-order chi connectivity index (χ1) is 21.7. The van der Waals surface area contributed by atoms with E-state index in [1.807, 2.05) is 0 Å². The van der Waals surface area contributed by atoms with Crippen LogP contribution in [0.1, 0.15) is 0 Å². The van der Waals surface area contributed by atoms with Gasteiger partial charge in [0.2, 0.25) is 0 Å². The third-order valence-corrected chi connectivity index (χ3v) is 5.64. The summed E-state index contributed by atoms with van der Waals surface area (Å²) in [6.07, 6.45) is -34.3. The van der Waals surface area contributed by atoms with Crippen molar-refractivity contribution in [3.63, 3.8) is 0 Å². The van der Waals surface area contributed by atoms with E-state index < -0.39 is 95.6 Å². The Balaban J connectivity index is 7.05. The lowest BCUT2D eigenvalue weighted by Gasteiger charge is -2.43. The van der Waals surface area contributed by atoms with Gasteiger partial charge in [0.25, 0.3) is 0 Å². The Morgan fingerprint density at radius 2 is 0.269 bits per heavy atom. The van der Waals surface area contributed by atoms with E-state index in [0.29, 0.717) is 0 Å². The fourth-order valence-corrected chi connectivity index (χ4v) is 2.51. The van der Waals surface area contributed by atoms with Crippen molar-refractivity contribution in [2.75, 3.05) is 0 Å². The summed E-state index contributed by atoms with van der Waals surface area (Å²) in [4.78, 5) is 1.67. The van der Waals surface area contributed by atoms with Crippen LogP contribution in [-0.2, 0) is 9.78 Å². The van der Waals surface area contributed by atoms with E-state index in [0.717, 1.165) is 9.78 Å². The Morgan fingerprint density at radius 3 is 0.404 bits per heavy atom. The predicted molar refractivity (Wildman–Crippen MR) is 83.5 cm³/mol. The third kappa shape index (κ3) is 6.04. The van der Waals surface area contributed by atoms with Crippen LogP contribution < -0.4 is 0 Å². The summed E-state index contributed by atoms with van der Waals surface area (Å²) in [6, 6.07) is 0. The molecule has 0 spiro atoms. The average Bonchev–Trinajstić information content (AvgIpc) is 2.89. The first-order valence-electron chi connectivity index (χ1n) is 10.5. The Morgan fingerprint density at radius 1 is 0.154 bits per heavy atom. The summed E-state index contributed by atoms with van der Waals surface area (Å²) in [5, 5.41) is 0. The minimum Gasteiger partial charge on any atom is -0.192 e. The van der Waals surface area contributed by atoms with Crippen LogP contribution in [-0.4, -0.2) is 95.6 Å². The van der Waals surface area contributed by atoms with E-state index in [9.17, 15) is 149 Å². The van der Waals surface area contributed by atoms with Crippen LogP contribution in [0.3, 0.4) is 0 Å². The molecule has 0 aromatic heterocycles. The molecule has 0 amide bonds. The molecule has 314 valence electrons. The Hall–Kier alpha value is -2.46. The predicted octanol–water partition coefficient (Wildman–Crippen LogP) is 10.9. The maximum atomic E-state index is 13.5. The monoisotopic (exact) mass is 870 g/mol. The zero-order valence-electron chi connectivity index (χ0n) is 21.7. The maximum Gasteiger partial charge on any atom is 0.460 e. The fraction of sp³-hybridized carbons (Fsp3) is 1.00. The van der Waals surface area contributed by atoms with Gasteiger partial charge in [0.05, 0.1) is 0 Å². The molecule has 0 atom stereocenters. The van der Waals surface area contributed by atoms with Crippen molar-refractivity contribution in [3.05, 3.63) is 0 Å². The van der Waals surface area contributed by atoms with Gasteiger partial charge in [-0.15, -0.1) is 0 Å². The third-order valence-electron chi connectivity index (χ3n) is 5.64. The van der Waals surface area contributed by atoms with Crippen molar-refractivity contribution in [1.82, 2.24) is 0 Å². The first kappa shape index (κ1) is 49.5. The van der Waals surface area contributed by atoms with Gasteiger partial charge in [-0.3, -0.25) is 0 Å². The first-order valence-corrected chi connectivity index (χ1v) is 10.5. The summed E-state index contributed by atoms with van der Waals surface area (Å²) in [7, 11) is 0. The number of halogens is 34. The molecule has 0 fully saturated rings. The molecule has 36 heteroatoms. The second kappa shape index (κ2) is 12.0. The summed E-state index contributed by atoms with van der Waals surface area (Å²) in [5.74, 6) is -112. The molecule has 0 aliphatic rings. The summed E-state index contributed by atoms with van der Waals surface area (Å²) < 4.78 is 443. The SMILES string of the molecule is FC(F)(F)C(F)(F)C(F)(F)C(F)(F)C(F)(F)C(F)(F)C(F)(F)C(F)(F)OOC(F)(F)C(F)(F)C(F)(F)C(F)(F)C(F)(F)C(F)(F)C(F)(F)C(F)(F)F. The highest BCUT2D eigenvalue weighted by molar-refractivity contribution is 5.15. The topological polar surface area (TPSA) is 18.5 Å². The highest BCUT2D eigenvalue weighted by Gasteiger charge is 2.98. The van der Waals surface area contributed by atoms with Crippen LogP contribution >= 0.6 is 0 Å². The van der Waals surface area contributed by atoms with Gasteiger partial charge in [-0.2, -0.15) is 159 Å². The molecular formula is C16F34O2. The standard InChI is InChI=1S/C16F34O2/c17-1(18,5(25,26)9(33,34)13(41,42)43)3(21,22)7(29,30)11(37,38)15(47,48)51-52-16(49,50)12(39,40)8(31,32)4(23,24)2(19,20)6(27,28)10(35,36)14(44,45)46. The average molecular weight is 870 g/mol. The van der Waals surface area contributed by atoms with E-state index >= 15 is 0 Å². The molecule has 2 nitrogen and oxygen atoms in total. The van der Waals surface area contributed by atoms with Crippen LogP contribution in [0.15, 0.2) is 0 Å². The maximum absolute atomic E-state index is 13.5. The van der Waals surface area contributed by atoms with Crippen molar-refractivity contribution >= 4 is 0 Å². The lowest BCUT2D eigenvalue weighted by atomic mass is 9.90. The van der Waals surface area contributed by atoms with E-state index in [-0.39, 0.29) is 0 Å². The van der Waals surface area contributed by atoms with Crippen LogP contribution in [0.4, 0.5) is 149 Å². The fourth-order valence-electron chi connectivity index (χ4n) is 2.51. The van der Waals surface area contributed by atoms with Gasteiger partial charge >= 0.3 is 95.6 Å². The minimum absolute atomic E-state index is 0.837. The van der Waals surface area contributed by atoms with Crippen LogP contribution in [0.25, 0.3) is 0 Å². The van der Waals surface area contributed by atoms with Crippen molar-refractivity contribution < 1.29 is 159 Å². The van der Waals surface area contributed by atoms with Crippen molar-refractivity contribution in [2.24, 2.45) is 0 Å². The summed E-state index contributed by atoms with van der Waals surface area (Å²) in [6.45, 7) is 0. The molecule has 0 saturated carbocycles. The molecule has 0 bridgehead atoms. The second-order valence-corrected chi connectivity index (χ2v) is 9.09. The number of alkyl halides is 34. The van der Waals surface area contributed by atoms with Crippen LogP contribution in [0.5, 0.6) is 0 Å². The smallest absolute Gasteiger partial charge is 0.192 e. The lowest BCUT2D eigenvalue weighted by Crippen LogP contribution is -2.75. The Kier molecular flexibility index (Phi) is 11.4. The van der Waals surface area contributed by atoms with Gasteiger partial charge in [-0.05, 0) is 0 Å². The Bertz CT molecular complexity index is 1180. The van der Waals surface area contributed by atoms with E-state index in [1.54, 1.807) is 0 Å². The normalized spacial score (nSPS) is 17.2. The molecule has 0 radical (unpaired) electrons. The Labute approximate surface area is 256 Å². The molecule has 0 heterocycles. The van der Waals surface area contributed by atoms with Crippen LogP contribution in [0, 0.1) is 0 Å². The zero-order valence-corrected chi connectivity index (χ0v) is 21.7. The molecule has 0 aromatic rings. The zero-order chi connectivity index (χ0) is 43.4. The van der Waals surface area contributed by atoms with E-state index in [2.05, 4.69) is 0 Å². The number of rotatable bonds is 15. The number of hydrogen-bond donors (Lipinski definition) is 0. The van der Waals surface area contributed by atoms with Gasteiger partial charge in [0.1, 0.15) is 0 Å². The molecule has 0 aliphatic carbocycles. The quantitative estimate of drug-likeness (QED) is 0.0927. The van der Waals surface area contributed by atoms with Crippen molar-refractivity contribution in [3.8, 4) is 0 Å².